The molecule has 0 aliphatic carbocycles. The van der Waals surface area contributed by atoms with E-state index in [4.69, 9.17) is 4.74 Å². The molecule has 1 aromatic heterocycles. The van der Waals surface area contributed by atoms with Crippen molar-refractivity contribution in [2.24, 2.45) is 0 Å². The molecule has 28 heavy (non-hydrogen) atoms. The molecule has 1 heterocycles. The van der Waals surface area contributed by atoms with Crippen LogP contribution >= 0.6 is 23.1 Å². The van der Waals surface area contributed by atoms with Crippen molar-refractivity contribution < 1.29 is 13.9 Å². The molecule has 1 N–H and O–H groups in total. The summed E-state index contributed by atoms with van der Waals surface area (Å²) < 4.78 is 18.0. The Labute approximate surface area is 172 Å². The highest BCUT2D eigenvalue weighted by Gasteiger charge is 2.09. The summed E-state index contributed by atoms with van der Waals surface area (Å²) in [5, 5.41) is 5.36. The number of nitrogens with zero attached hydrogens (tertiary/aromatic N) is 1. The summed E-state index contributed by atoms with van der Waals surface area (Å²) in [5.74, 6) is 0.630. The average molecular weight is 417 g/mol. The second kappa shape index (κ2) is 10.4. The lowest BCUT2D eigenvalue weighted by molar-refractivity contribution is -0.113. The van der Waals surface area contributed by atoms with Crippen LogP contribution in [0.3, 0.4) is 0 Å². The van der Waals surface area contributed by atoms with Crippen LogP contribution in [0.5, 0.6) is 0 Å². The predicted octanol–water partition coefficient (Wildman–Crippen LogP) is 5.01. The highest BCUT2D eigenvalue weighted by Crippen LogP contribution is 2.25. The van der Waals surface area contributed by atoms with Crippen LogP contribution in [0.25, 0.3) is 11.3 Å². The Morgan fingerprint density at radius 2 is 1.86 bits per heavy atom. The number of thiazole rings is 1. The molecular weight excluding hydrogens is 395 g/mol. The second-order valence-electron chi connectivity index (χ2n) is 6.15. The highest BCUT2D eigenvalue weighted by atomic mass is 32.2. The molecule has 7 heteroatoms. The number of rotatable bonds is 9. The van der Waals surface area contributed by atoms with E-state index in [-0.39, 0.29) is 11.7 Å². The number of nitrogens with one attached hydrogen (secondary N) is 1. The first-order valence-electron chi connectivity index (χ1n) is 8.80. The van der Waals surface area contributed by atoms with Gasteiger partial charge in [0.2, 0.25) is 5.91 Å². The maximum absolute atomic E-state index is 12.9. The van der Waals surface area contributed by atoms with Crippen LogP contribution in [-0.4, -0.2) is 30.4 Å². The van der Waals surface area contributed by atoms with Crippen molar-refractivity contribution in [2.75, 3.05) is 24.8 Å². The van der Waals surface area contributed by atoms with Gasteiger partial charge in [-0.2, -0.15) is 0 Å². The number of aromatic nitrogens is 1. The molecular formula is C21H21FN2O2S2. The number of carbonyl (C=O) groups is 1. The van der Waals surface area contributed by atoms with Gasteiger partial charge in [0.1, 0.15) is 5.82 Å². The number of hydrogen-bond donors (Lipinski definition) is 1. The van der Waals surface area contributed by atoms with Gasteiger partial charge in [0.25, 0.3) is 0 Å². The zero-order valence-corrected chi connectivity index (χ0v) is 17.1. The number of amides is 1. The third-order valence-corrected chi connectivity index (χ3v) is 5.77. The number of benzene rings is 2. The van der Waals surface area contributed by atoms with Crippen molar-refractivity contribution in [3.05, 3.63) is 70.9 Å². The van der Waals surface area contributed by atoms with E-state index in [0.717, 1.165) is 23.2 Å². The molecule has 0 bridgehead atoms. The first-order valence-corrected chi connectivity index (χ1v) is 10.8. The minimum absolute atomic E-state index is 0.0945. The van der Waals surface area contributed by atoms with Crippen LogP contribution in [-0.2, 0) is 21.7 Å². The fourth-order valence-electron chi connectivity index (χ4n) is 2.52. The van der Waals surface area contributed by atoms with E-state index in [2.05, 4.69) is 22.4 Å². The standard InChI is InChI=1S/C21H21FN2O2S2/c1-26-11-10-15-2-6-17(7-3-15)19-13-28-21(23-19)24-20(25)14-27-12-16-4-8-18(22)9-5-16/h2-9,13H,10-12,14H2,1H3,(H,23,24,25). The molecule has 3 aromatic rings. The van der Waals surface area contributed by atoms with Crippen molar-refractivity contribution in [3.8, 4) is 11.3 Å². The van der Waals surface area contributed by atoms with Gasteiger partial charge >= 0.3 is 0 Å². The molecule has 3 rings (SSSR count). The lowest BCUT2D eigenvalue weighted by atomic mass is 10.1. The molecule has 0 unspecified atom stereocenters. The van der Waals surface area contributed by atoms with E-state index in [1.165, 1.54) is 40.8 Å². The summed E-state index contributed by atoms with van der Waals surface area (Å²) in [5.41, 5.74) is 4.07. The molecule has 0 spiro atoms. The van der Waals surface area contributed by atoms with Gasteiger partial charge in [0.05, 0.1) is 18.1 Å². The molecule has 0 aliphatic heterocycles. The largest absolute Gasteiger partial charge is 0.384 e. The zero-order valence-electron chi connectivity index (χ0n) is 15.5. The molecule has 0 saturated heterocycles. The summed E-state index contributed by atoms with van der Waals surface area (Å²) in [4.78, 5) is 16.6. The van der Waals surface area contributed by atoms with Crippen LogP contribution in [0, 0.1) is 5.82 Å². The van der Waals surface area contributed by atoms with Gasteiger partial charge in [-0.15, -0.1) is 23.1 Å². The lowest BCUT2D eigenvalue weighted by Crippen LogP contribution is -2.13. The van der Waals surface area contributed by atoms with Crippen molar-refractivity contribution in [3.63, 3.8) is 0 Å². The van der Waals surface area contributed by atoms with Crippen molar-refractivity contribution >= 4 is 34.1 Å². The Morgan fingerprint density at radius 3 is 2.57 bits per heavy atom. The lowest BCUT2D eigenvalue weighted by Gasteiger charge is -2.03. The third-order valence-electron chi connectivity index (χ3n) is 4.01. The van der Waals surface area contributed by atoms with E-state index in [9.17, 15) is 9.18 Å². The Balaban J connectivity index is 1.48. The number of methoxy groups -OCH3 is 1. The molecule has 0 radical (unpaired) electrons. The van der Waals surface area contributed by atoms with Gasteiger partial charge in [-0.1, -0.05) is 36.4 Å². The van der Waals surface area contributed by atoms with Crippen LogP contribution in [0.1, 0.15) is 11.1 Å². The maximum Gasteiger partial charge on any atom is 0.236 e. The Morgan fingerprint density at radius 1 is 1.14 bits per heavy atom. The summed E-state index contributed by atoms with van der Waals surface area (Å²) in [6, 6.07) is 14.5. The Bertz CT molecular complexity index is 896. The van der Waals surface area contributed by atoms with Gasteiger partial charge in [-0.25, -0.2) is 9.37 Å². The van der Waals surface area contributed by atoms with Gasteiger partial charge in [0.15, 0.2) is 5.13 Å². The number of thioether (sulfide) groups is 1. The molecule has 2 aromatic carbocycles. The van der Waals surface area contributed by atoms with Gasteiger partial charge < -0.3 is 10.1 Å². The average Bonchev–Trinajstić information content (AvgIpc) is 3.16. The van der Waals surface area contributed by atoms with E-state index in [1.54, 1.807) is 19.2 Å². The van der Waals surface area contributed by atoms with E-state index < -0.39 is 0 Å². The first kappa shape index (κ1) is 20.5. The topological polar surface area (TPSA) is 51.2 Å². The number of anilines is 1. The van der Waals surface area contributed by atoms with Gasteiger partial charge in [0, 0.05) is 23.8 Å². The van der Waals surface area contributed by atoms with Gasteiger partial charge in [-0.3, -0.25) is 4.79 Å². The van der Waals surface area contributed by atoms with Crippen molar-refractivity contribution in [1.29, 1.82) is 0 Å². The van der Waals surface area contributed by atoms with E-state index >= 15 is 0 Å². The summed E-state index contributed by atoms with van der Waals surface area (Å²) in [6.45, 7) is 0.700. The third kappa shape index (κ3) is 6.15. The summed E-state index contributed by atoms with van der Waals surface area (Å²) >= 11 is 2.89. The first-order chi connectivity index (χ1) is 13.6. The maximum atomic E-state index is 12.9. The van der Waals surface area contributed by atoms with Gasteiger partial charge in [-0.05, 0) is 29.7 Å². The number of carbonyl (C=O) groups excluding carboxylic acids is 1. The Kier molecular flexibility index (Phi) is 7.59. The molecule has 0 saturated carbocycles. The predicted molar refractivity (Wildman–Crippen MR) is 114 cm³/mol. The quantitative estimate of drug-likeness (QED) is 0.533. The molecule has 0 fully saturated rings. The van der Waals surface area contributed by atoms with Crippen LogP contribution in [0.15, 0.2) is 53.9 Å². The molecule has 146 valence electrons. The minimum Gasteiger partial charge on any atom is -0.384 e. The fourth-order valence-corrected chi connectivity index (χ4v) is 4.05. The minimum atomic E-state index is -0.254. The normalized spacial score (nSPS) is 10.8. The summed E-state index contributed by atoms with van der Waals surface area (Å²) in [7, 11) is 1.70. The molecule has 0 aliphatic rings. The molecule has 0 atom stereocenters. The smallest absolute Gasteiger partial charge is 0.236 e. The van der Waals surface area contributed by atoms with Crippen LogP contribution < -0.4 is 5.32 Å². The van der Waals surface area contributed by atoms with E-state index in [1.807, 2.05) is 17.5 Å². The number of ether oxygens (including phenoxy) is 1. The van der Waals surface area contributed by atoms with Crippen LogP contribution in [0.2, 0.25) is 0 Å². The zero-order chi connectivity index (χ0) is 19.8. The monoisotopic (exact) mass is 416 g/mol. The Hall–Kier alpha value is -2.22. The molecule has 4 nitrogen and oxygen atoms in total. The number of halogens is 1. The molecule has 1 amide bonds. The van der Waals surface area contributed by atoms with Crippen LogP contribution in [0.4, 0.5) is 9.52 Å². The fraction of sp³-hybridized carbons (Fsp3) is 0.238. The van der Waals surface area contributed by atoms with E-state index in [0.29, 0.717) is 23.2 Å². The summed E-state index contributed by atoms with van der Waals surface area (Å²) in [6.07, 6.45) is 0.880. The number of hydrogen-bond acceptors (Lipinski definition) is 5. The van der Waals surface area contributed by atoms with Crippen molar-refractivity contribution in [1.82, 2.24) is 4.98 Å². The highest BCUT2D eigenvalue weighted by molar-refractivity contribution is 7.99. The van der Waals surface area contributed by atoms with Crippen molar-refractivity contribution in [2.45, 2.75) is 12.2 Å². The SMILES string of the molecule is COCCc1ccc(-c2csc(NC(=O)CSCc3ccc(F)cc3)n2)cc1. The second-order valence-corrected chi connectivity index (χ2v) is 7.99.